The Hall–Kier alpha value is -2.83. The van der Waals surface area contributed by atoms with Crippen LogP contribution in [0.5, 0.6) is 0 Å². The highest BCUT2D eigenvalue weighted by Crippen LogP contribution is 2.28. The molecular weight excluding hydrogens is 336 g/mol. The second kappa shape index (κ2) is 7.19. The van der Waals surface area contributed by atoms with Crippen molar-refractivity contribution in [2.75, 3.05) is 10.6 Å². The Balaban J connectivity index is 1.73. The highest BCUT2D eigenvalue weighted by atomic mass is 16.7. The van der Waals surface area contributed by atoms with Gasteiger partial charge < -0.3 is 20.1 Å². The lowest BCUT2D eigenvalue weighted by molar-refractivity contribution is -0.222. The molecule has 1 saturated carbocycles. The molecule has 1 amide bonds. The van der Waals surface area contributed by atoms with Gasteiger partial charge in [-0.1, -0.05) is 25.0 Å². The number of amides is 1. The summed E-state index contributed by atoms with van der Waals surface area (Å²) < 4.78 is 10.1. The molecule has 1 aliphatic carbocycles. The molecule has 0 atom stereocenters. The molecule has 26 heavy (non-hydrogen) atoms. The average Bonchev–Trinajstić information content (AvgIpc) is 3.09. The number of ether oxygens (including phenoxy) is 2. The highest BCUT2D eigenvalue weighted by Gasteiger charge is 2.39. The van der Waals surface area contributed by atoms with Crippen molar-refractivity contribution in [1.29, 1.82) is 0 Å². The van der Waals surface area contributed by atoms with Crippen LogP contribution in [0.25, 0.3) is 0 Å². The molecular formula is C19H22N2O5. The van der Waals surface area contributed by atoms with E-state index in [1.165, 1.54) is 20.0 Å². The lowest BCUT2D eigenvalue weighted by Gasteiger charge is -2.29. The van der Waals surface area contributed by atoms with Crippen LogP contribution in [0.1, 0.15) is 39.5 Å². The van der Waals surface area contributed by atoms with Gasteiger partial charge in [0.1, 0.15) is 0 Å². The number of hydrogen-bond donors (Lipinski definition) is 2. The van der Waals surface area contributed by atoms with Crippen LogP contribution >= 0.6 is 0 Å². The van der Waals surface area contributed by atoms with Crippen LogP contribution in [-0.4, -0.2) is 23.6 Å². The summed E-state index contributed by atoms with van der Waals surface area (Å²) in [5, 5.41) is 5.80. The number of carbonyl (C=O) groups excluding carboxylic acids is 3. The van der Waals surface area contributed by atoms with Gasteiger partial charge in [0.2, 0.25) is 5.91 Å². The maximum Gasteiger partial charge on any atom is 0.350 e. The van der Waals surface area contributed by atoms with Crippen LogP contribution in [0.3, 0.4) is 0 Å². The highest BCUT2D eigenvalue weighted by molar-refractivity contribution is 6.15. The number of rotatable bonds is 4. The van der Waals surface area contributed by atoms with E-state index in [4.69, 9.17) is 9.47 Å². The Morgan fingerprint density at radius 1 is 1.08 bits per heavy atom. The Labute approximate surface area is 151 Å². The normalized spacial score (nSPS) is 19.5. The van der Waals surface area contributed by atoms with Gasteiger partial charge >= 0.3 is 11.9 Å². The summed E-state index contributed by atoms with van der Waals surface area (Å²) in [5.41, 5.74) is 0.914. The van der Waals surface area contributed by atoms with E-state index in [2.05, 4.69) is 10.6 Å². The van der Waals surface area contributed by atoms with Crippen LogP contribution in [-0.2, 0) is 23.9 Å². The molecule has 1 saturated heterocycles. The molecule has 7 heteroatoms. The van der Waals surface area contributed by atoms with Crippen molar-refractivity contribution >= 4 is 29.2 Å². The van der Waals surface area contributed by atoms with E-state index in [9.17, 15) is 14.4 Å². The molecule has 0 bridgehead atoms. The van der Waals surface area contributed by atoms with Crippen molar-refractivity contribution in [1.82, 2.24) is 0 Å². The molecule has 1 aromatic carbocycles. The largest absolute Gasteiger partial charge is 0.419 e. The smallest absolute Gasteiger partial charge is 0.350 e. The summed E-state index contributed by atoms with van der Waals surface area (Å²) in [6.07, 6.45) is 5.19. The number of hydrogen-bond acceptors (Lipinski definition) is 6. The van der Waals surface area contributed by atoms with Crippen molar-refractivity contribution in [2.45, 2.75) is 45.3 Å². The number of benzene rings is 1. The van der Waals surface area contributed by atoms with Crippen LogP contribution in [0, 0.1) is 5.92 Å². The van der Waals surface area contributed by atoms with Crippen molar-refractivity contribution in [2.24, 2.45) is 5.92 Å². The molecule has 1 aliphatic heterocycles. The zero-order chi connectivity index (χ0) is 18.7. The van der Waals surface area contributed by atoms with Crippen LogP contribution < -0.4 is 10.6 Å². The summed E-state index contributed by atoms with van der Waals surface area (Å²) in [7, 11) is 0. The molecule has 0 spiro atoms. The van der Waals surface area contributed by atoms with E-state index in [1.807, 2.05) is 0 Å². The Morgan fingerprint density at radius 2 is 1.65 bits per heavy atom. The van der Waals surface area contributed by atoms with Crippen molar-refractivity contribution in [3.05, 3.63) is 36.0 Å². The van der Waals surface area contributed by atoms with E-state index in [1.54, 1.807) is 24.3 Å². The maximum absolute atomic E-state index is 12.3. The Kier molecular flexibility index (Phi) is 4.97. The van der Waals surface area contributed by atoms with Gasteiger partial charge in [0.15, 0.2) is 5.57 Å². The minimum Gasteiger partial charge on any atom is -0.419 e. The van der Waals surface area contributed by atoms with Crippen LogP contribution in [0.2, 0.25) is 0 Å². The lowest BCUT2D eigenvalue weighted by Crippen LogP contribution is -2.42. The molecule has 7 nitrogen and oxygen atoms in total. The van der Waals surface area contributed by atoms with Crippen LogP contribution in [0.15, 0.2) is 36.0 Å². The van der Waals surface area contributed by atoms with Gasteiger partial charge in [-0.05, 0) is 25.0 Å². The summed E-state index contributed by atoms with van der Waals surface area (Å²) in [6, 6.07) is 7.08. The molecule has 0 radical (unpaired) electrons. The second-order valence-electron chi connectivity index (χ2n) is 6.90. The summed E-state index contributed by atoms with van der Waals surface area (Å²) in [6.45, 7) is 2.97. The van der Waals surface area contributed by atoms with E-state index in [-0.39, 0.29) is 17.4 Å². The first-order valence-electron chi connectivity index (χ1n) is 8.69. The molecule has 0 aromatic heterocycles. The topological polar surface area (TPSA) is 93.7 Å². The Bertz CT molecular complexity index is 741. The molecule has 1 heterocycles. The standard InChI is InChI=1S/C19H22N2O5/c1-19(2)25-17(23)13(18(24)26-19)11-20-14-9-5-6-10-15(14)21-16(22)12-7-3-4-8-12/h5-6,9-12,20H,3-4,7-8H2,1-2H3,(H,21,22). The van der Waals surface area contributed by atoms with Gasteiger partial charge in [-0.25, -0.2) is 9.59 Å². The first-order valence-corrected chi connectivity index (χ1v) is 8.69. The van der Waals surface area contributed by atoms with Gasteiger partial charge in [-0.3, -0.25) is 4.79 Å². The number of anilines is 2. The first-order chi connectivity index (χ1) is 12.4. The fourth-order valence-corrected chi connectivity index (χ4v) is 3.07. The lowest BCUT2D eigenvalue weighted by atomic mass is 10.1. The number of para-hydroxylation sites is 2. The third kappa shape index (κ3) is 4.04. The fraction of sp³-hybridized carbons (Fsp3) is 0.421. The van der Waals surface area contributed by atoms with Crippen LogP contribution in [0.4, 0.5) is 11.4 Å². The molecule has 2 N–H and O–H groups in total. The molecule has 3 rings (SSSR count). The summed E-state index contributed by atoms with van der Waals surface area (Å²) in [4.78, 5) is 36.3. The molecule has 2 fully saturated rings. The van der Waals surface area contributed by atoms with Crippen molar-refractivity contribution in [3.8, 4) is 0 Å². The summed E-state index contributed by atoms with van der Waals surface area (Å²) in [5.74, 6) is -2.77. The second-order valence-corrected chi connectivity index (χ2v) is 6.90. The van der Waals surface area contributed by atoms with Crippen molar-refractivity contribution in [3.63, 3.8) is 0 Å². The Morgan fingerprint density at radius 3 is 2.27 bits per heavy atom. The van der Waals surface area contributed by atoms with E-state index >= 15 is 0 Å². The van der Waals surface area contributed by atoms with Gasteiger partial charge in [0.05, 0.1) is 11.4 Å². The predicted octanol–water partition coefficient (Wildman–Crippen LogP) is 2.95. The zero-order valence-electron chi connectivity index (χ0n) is 14.8. The quantitative estimate of drug-likeness (QED) is 0.488. The molecule has 2 aliphatic rings. The van der Waals surface area contributed by atoms with Crippen molar-refractivity contribution < 1.29 is 23.9 Å². The van der Waals surface area contributed by atoms with E-state index in [0.29, 0.717) is 11.4 Å². The van der Waals surface area contributed by atoms with Gasteiger partial charge in [0.25, 0.3) is 5.79 Å². The number of cyclic esters (lactones) is 2. The van der Waals surface area contributed by atoms with E-state index in [0.717, 1.165) is 25.7 Å². The predicted molar refractivity (Wildman–Crippen MR) is 95.0 cm³/mol. The van der Waals surface area contributed by atoms with Gasteiger partial charge in [-0.15, -0.1) is 0 Å². The van der Waals surface area contributed by atoms with Gasteiger partial charge in [0, 0.05) is 26.0 Å². The van der Waals surface area contributed by atoms with Gasteiger partial charge in [-0.2, -0.15) is 0 Å². The maximum atomic E-state index is 12.3. The third-order valence-corrected chi connectivity index (χ3v) is 4.40. The average molecular weight is 358 g/mol. The fourth-order valence-electron chi connectivity index (χ4n) is 3.07. The zero-order valence-corrected chi connectivity index (χ0v) is 14.8. The molecule has 138 valence electrons. The minimum absolute atomic E-state index is 0.0114. The molecule has 0 unspecified atom stereocenters. The third-order valence-electron chi connectivity index (χ3n) is 4.40. The SMILES string of the molecule is CC1(C)OC(=O)C(=CNc2ccccc2NC(=O)C2CCCC2)C(=O)O1. The number of nitrogens with one attached hydrogen (secondary N) is 2. The number of carbonyl (C=O) groups is 3. The monoisotopic (exact) mass is 358 g/mol. The number of esters is 2. The first kappa shape index (κ1) is 18.0. The summed E-state index contributed by atoms with van der Waals surface area (Å²) >= 11 is 0. The molecule has 1 aromatic rings. The van der Waals surface area contributed by atoms with E-state index < -0.39 is 17.7 Å². The minimum atomic E-state index is -1.28.